The van der Waals surface area contributed by atoms with Crippen LogP contribution in [0.25, 0.3) is 0 Å². The lowest BCUT2D eigenvalue weighted by molar-refractivity contribution is -0.139. The van der Waals surface area contributed by atoms with Crippen molar-refractivity contribution in [3.05, 3.63) is 59.4 Å². The van der Waals surface area contributed by atoms with E-state index in [-0.39, 0.29) is 30.0 Å². The first kappa shape index (κ1) is 22.6. The Morgan fingerprint density at radius 3 is 2.66 bits per heavy atom. The minimum Gasteiger partial charge on any atom is -0.490 e. The summed E-state index contributed by atoms with van der Waals surface area (Å²) in [5.74, 6) is 1.07. The Morgan fingerprint density at radius 1 is 1.19 bits per heavy atom. The fraction of sp³-hybridized carbons (Fsp3) is 0.500. The summed E-state index contributed by atoms with van der Waals surface area (Å²) >= 11 is 0. The summed E-state index contributed by atoms with van der Waals surface area (Å²) in [7, 11) is 0. The maximum atomic E-state index is 14.1. The SMILES string of the molecule is CCC(C)(O)C(=O)N[C@H]1CC[C@H](Oc2ccc3c(c2)CCC(c2ccccc2F)O3)CC1. The normalized spacial score (nSPS) is 24.6. The van der Waals surface area contributed by atoms with E-state index in [9.17, 15) is 14.3 Å². The van der Waals surface area contributed by atoms with Crippen LogP contribution in [0.15, 0.2) is 42.5 Å². The van der Waals surface area contributed by atoms with Crippen LogP contribution < -0.4 is 14.8 Å². The van der Waals surface area contributed by atoms with Gasteiger partial charge in [0.25, 0.3) is 5.91 Å². The number of nitrogens with one attached hydrogen (secondary N) is 1. The number of carbonyl (C=O) groups excluding carboxylic acids is 1. The van der Waals surface area contributed by atoms with Gasteiger partial charge in [0.15, 0.2) is 0 Å². The molecule has 0 aromatic heterocycles. The van der Waals surface area contributed by atoms with Gasteiger partial charge in [-0.15, -0.1) is 0 Å². The molecular weight excluding hydrogens is 409 g/mol. The zero-order valence-corrected chi connectivity index (χ0v) is 18.8. The molecule has 2 atom stereocenters. The number of fused-ring (bicyclic) bond motifs is 1. The van der Waals surface area contributed by atoms with E-state index in [1.807, 2.05) is 24.3 Å². The molecule has 1 heterocycles. The van der Waals surface area contributed by atoms with Crippen molar-refractivity contribution in [2.75, 3.05) is 0 Å². The topological polar surface area (TPSA) is 67.8 Å². The van der Waals surface area contributed by atoms with Crippen LogP contribution in [0.5, 0.6) is 11.5 Å². The zero-order chi connectivity index (χ0) is 22.7. The van der Waals surface area contributed by atoms with Crippen molar-refractivity contribution in [1.82, 2.24) is 5.32 Å². The van der Waals surface area contributed by atoms with Crippen molar-refractivity contribution in [2.24, 2.45) is 0 Å². The van der Waals surface area contributed by atoms with Crippen LogP contribution in [0.3, 0.4) is 0 Å². The van der Waals surface area contributed by atoms with Crippen LogP contribution in [-0.4, -0.2) is 28.8 Å². The predicted octanol–water partition coefficient (Wildman–Crippen LogP) is 4.86. The molecule has 2 N–H and O–H groups in total. The highest BCUT2D eigenvalue weighted by Crippen LogP contribution is 2.38. The van der Waals surface area contributed by atoms with Gasteiger partial charge in [0.2, 0.25) is 0 Å². The summed E-state index contributed by atoms with van der Waals surface area (Å²) in [4.78, 5) is 12.2. The molecule has 1 amide bonds. The Hall–Kier alpha value is -2.60. The monoisotopic (exact) mass is 441 g/mol. The highest BCUT2D eigenvalue weighted by Gasteiger charge is 2.31. The predicted molar refractivity (Wildman–Crippen MR) is 120 cm³/mol. The lowest BCUT2D eigenvalue weighted by Gasteiger charge is -2.32. The van der Waals surface area contributed by atoms with E-state index in [1.54, 1.807) is 26.0 Å². The second-order valence-corrected chi connectivity index (χ2v) is 9.13. The Bertz CT molecular complexity index is 953. The summed E-state index contributed by atoms with van der Waals surface area (Å²) in [5.41, 5.74) is 0.365. The molecule has 2 unspecified atom stereocenters. The minimum absolute atomic E-state index is 0.0765. The highest BCUT2D eigenvalue weighted by molar-refractivity contribution is 5.84. The van der Waals surface area contributed by atoms with Crippen molar-refractivity contribution in [3.8, 4) is 11.5 Å². The third-order valence-electron chi connectivity index (χ3n) is 6.72. The molecule has 5 nitrogen and oxygen atoms in total. The van der Waals surface area contributed by atoms with Crippen LogP contribution in [-0.2, 0) is 11.2 Å². The molecule has 0 spiro atoms. The molecule has 2 aliphatic rings. The van der Waals surface area contributed by atoms with Gasteiger partial charge in [-0.25, -0.2) is 4.39 Å². The van der Waals surface area contributed by atoms with Gasteiger partial charge in [-0.05, 0) is 81.7 Å². The molecule has 1 fully saturated rings. The van der Waals surface area contributed by atoms with Gasteiger partial charge < -0.3 is 19.9 Å². The van der Waals surface area contributed by atoms with E-state index in [2.05, 4.69) is 5.32 Å². The van der Waals surface area contributed by atoms with Crippen molar-refractivity contribution in [3.63, 3.8) is 0 Å². The van der Waals surface area contributed by atoms with Gasteiger partial charge in [-0.2, -0.15) is 0 Å². The van der Waals surface area contributed by atoms with Gasteiger partial charge in [-0.1, -0.05) is 25.1 Å². The first-order chi connectivity index (χ1) is 15.4. The maximum Gasteiger partial charge on any atom is 0.251 e. The molecule has 1 aliphatic carbocycles. The number of aliphatic hydroxyl groups is 1. The average molecular weight is 442 g/mol. The highest BCUT2D eigenvalue weighted by atomic mass is 19.1. The molecular formula is C26H32FNO4. The van der Waals surface area contributed by atoms with Crippen molar-refractivity contribution in [1.29, 1.82) is 0 Å². The number of amides is 1. The first-order valence-corrected chi connectivity index (χ1v) is 11.6. The second kappa shape index (κ2) is 9.49. The summed E-state index contributed by atoms with van der Waals surface area (Å²) in [5, 5.41) is 13.1. The summed E-state index contributed by atoms with van der Waals surface area (Å²) < 4.78 is 26.4. The number of halogens is 1. The molecule has 1 saturated carbocycles. The van der Waals surface area contributed by atoms with Gasteiger partial charge in [0.1, 0.15) is 29.0 Å². The molecule has 1 aliphatic heterocycles. The Kier molecular flexibility index (Phi) is 6.70. The molecule has 4 rings (SSSR count). The zero-order valence-electron chi connectivity index (χ0n) is 18.8. The van der Waals surface area contributed by atoms with Gasteiger partial charge in [0.05, 0.1) is 6.10 Å². The van der Waals surface area contributed by atoms with Gasteiger partial charge >= 0.3 is 0 Å². The van der Waals surface area contributed by atoms with Crippen LogP contribution in [0.1, 0.15) is 69.6 Å². The fourth-order valence-electron chi connectivity index (χ4n) is 4.41. The third-order valence-corrected chi connectivity index (χ3v) is 6.72. The van der Waals surface area contributed by atoms with Crippen LogP contribution in [0.2, 0.25) is 0 Å². The molecule has 0 saturated heterocycles. The summed E-state index contributed by atoms with van der Waals surface area (Å²) in [6, 6.07) is 12.7. The average Bonchev–Trinajstić information content (AvgIpc) is 2.80. The molecule has 0 radical (unpaired) electrons. The fourth-order valence-corrected chi connectivity index (χ4v) is 4.41. The lowest BCUT2D eigenvalue weighted by Crippen LogP contribution is -2.49. The molecule has 2 aromatic carbocycles. The van der Waals surface area contributed by atoms with Crippen LogP contribution in [0.4, 0.5) is 4.39 Å². The number of aryl methyl sites for hydroxylation is 1. The largest absolute Gasteiger partial charge is 0.490 e. The number of benzene rings is 2. The van der Waals surface area contributed by atoms with E-state index in [4.69, 9.17) is 9.47 Å². The Morgan fingerprint density at radius 2 is 1.94 bits per heavy atom. The molecule has 32 heavy (non-hydrogen) atoms. The molecule has 0 bridgehead atoms. The Balaban J connectivity index is 1.31. The van der Waals surface area contributed by atoms with Crippen molar-refractivity contribution >= 4 is 5.91 Å². The van der Waals surface area contributed by atoms with Crippen molar-refractivity contribution < 1.29 is 23.8 Å². The summed E-state index contributed by atoms with van der Waals surface area (Å²) in [6.45, 7) is 3.35. The van der Waals surface area contributed by atoms with Gasteiger partial charge in [0, 0.05) is 11.6 Å². The number of ether oxygens (including phenoxy) is 2. The van der Waals surface area contributed by atoms with Crippen LogP contribution >= 0.6 is 0 Å². The maximum absolute atomic E-state index is 14.1. The number of hydrogen-bond acceptors (Lipinski definition) is 4. The lowest BCUT2D eigenvalue weighted by atomic mass is 9.91. The van der Waals surface area contributed by atoms with E-state index in [1.165, 1.54) is 6.07 Å². The number of hydrogen-bond donors (Lipinski definition) is 2. The van der Waals surface area contributed by atoms with Crippen molar-refractivity contribution in [2.45, 2.75) is 82.6 Å². The number of rotatable bonds is 6. The third kappa shape index (κ3) is 5.07. The standard InChI is InChI=1S/C26H32FNO4/c1-3-26(2,30)25(29)28-18-9-11-19(12-10-18)31-20-13-15-23-17(16-20)8-14-24(32-23)21-6-4-5-7-22(21)27/h4-7,13,15-16,18-19,24,30H,3,8-12,14H2,1-2H3,(H,28,29)/t18-,19-,24?,26?. The second-order valence-electron chi connectivity index (χ2n) is 9.13. The van der Waals surface area contributed by atoms with Gasteiger partial charge in [-0.3, -0.25) is 4.79 Å². The van der Waals surface area contributed by atoms with E-state index in [0.717, 1.165) is 55.6 Å². The smallest absolute Gasteiger partial charge is 0.251 e. The van der Waals surface area contributed by atoms with E-state index >= 15 is 0 Å². The summed E-state index contributed by atoms with van der Waals surface area (Å²) in [6.07, 6.45) is 5.11. The van der Waals surface area contributed by atoms with Crippen LogP contribution in [0, 0.1) is 5.82 Å². The molecule has 2 aromatic rings. The van der Waals surface area contributed by atoms with E-state index in [0.29, 0.717) is 12.0 Å². The van der Waals surface area contributed by atoms with E-state index < -0.39 is 5.60 Å². The molecule has 6 heteroatoms. The molecule has 172 valence electrons. The number of carbonyl (C=O) groups is 1. The first-order valence-electron chi connectivity index (χ1n) is 11.6. The quantitative estimate of drug-likeness (QED) is 0.672. The Labute approximate surface area is 188 Å². The minimum atomic E-state index is -1.32.